The lowest BCUT2D eigenvalue weighted by Crippen LogP contribution is -2.48. The summed E-state index contributed by atoms with van der Waals surface area (Å²) in [6.45, 7) is 8.39. The molecule has 0 unspecified atom stereocenters. The third kappa shape index (κ3) is 4.71. The Labute approximate surface area is 240 Å². The van der Waals surface area contributed by atoms with Crippen molar-refractivity contribution in [3.63, 3.8) is 0 Å². The van der Waals surface area contributed by atoms with Crippen molar-refractivity contribution >= 4 is 33.6 Å². The van der Waals surface area contributed by atoms with Crippen LogP contribution in [0.5, 0.6) is 0 Å². The fourth-order valence-electron chi connectivity index (χ4n) is 6.11. The molecule has 6 rings (SSSR count). The van der Waals surface area contributed by atoms with Gasteiger partial charge in [-0.2, -0.15) is 0 Å². The SMILES string of the molecule is Cc1noc(C)c1-c1cc(C(N)=O)c2c3cc(C(=O)N4C[C@@H](C)O[C@@H](C)C4)ccc3n(Cc3ccc(F)cc3F)c2c1. The molecule has 3 heterocycles. The van der Waals surface area contributed by atoms with Gasteiger partial charge < -0.3 is 24.5 Å². The number of hydrogen-bond acceptors (Lipinski definition) is 5. The van der Waals surface area contributed by atoms with E-state index in [1.807, 2.05) is 24.5 Å². The highest BCUT2D eigenvalue weighted by Crippen LogP contribution is 2.38. The number of nitrogens with two attached hydrogens (primary N) is 1. The quantitative estimate of drug-likeness (QED) is 0.289. The van der Waals surface area contributed by atoms with Gasteiger partial charge in [-0.1, -0.05) is 11.2 Å². The van der Waals surface area contributed by atoms with Crippen LogP contribution in [0.1, 0.15) is 51.6 Å². The molecule has 10 heteroatoms. The minimum absolute atomic E-state index is 0.0428. The molecule has 5 aromatic rings. The lowest BCUT2D eigenvalue weighted by atomic mass is 9.97. The monoisotopic (exact) mass is 572 g/mol. The zero-order valence-corrected chi connectivity index (χ0v) is 23.7. The number of aromatic nitrogens is 2. The first-order valence-electron chi connectivity index (χ1n) is 13.7. The van der Waals surface area contributed by atoms with E-state index in [-0.39, 0.29) is 35.8 Å². The summed E-state index contributed by atoms with van der Waals surface area (Å²) in [5, 5.41) is 5.21. The van der Waals surface area contributed by atoms with Crippen LogP contribution in [0.15, 0.2) is 53.1 Å². The zero-order valence-electron chi connectivity index (χ0n) is 23.7. The molecule has 2 atom stereocenters. The first-order valence-corrected chi connectivity index (χ1v) is 13.7. The van der Waals surface area contributed by atoms with Crippen LogP contribution in [-0.2, 0) is 11.3 Å². The van der Waals surface area contributed by atoms with Crippen molar-refractivity contribution in [1.82, 2.24) is 14.6 Å². The molecule has 1 aliphatic rings. The number of hydrogen-bond donors (Lipinski definition) is 1. The molecule has 1 saturated heterocycles. The van der Waals surface area contributed by atoms with E-state index in [9.17, 15) is 18.4 Å². The number of halogens is 2. The van der Waals surface area contributed by atoms with Gasteiger partial charge in [0.1, 0.15) is 17.4 Å². The van der Waals surface area contributed by atoms with Crippen molar-refractivity contribution in [2.45, 2.75) is 46.4 Å². The van der Waals surface area contributed by atoms with E-state index in [2.05, 4.69) is 5.16 Å². The van der Waals surface area contributed by atoms with Crippen molar-refractivity contribution in [1.29, 1.82) is 0 Å². The molecule has 0 bridgehead atoms. The van der Waals surface area contributed by atoms with Gasteiger partial charge in [0.05, 0.1) is 30.0 Å². The second-order valence-corrected chi connectivity index (χ2v) is 11.0. The van der Waals surface area contributed by atoms with Crippen molar-refractivity contribution in [2.24, 2.45) is 5.73 Å². The van der Waals surface area contributed by atoms with E-state index in [4.69, 9.17) is 15.0 Å². The van der Waals surface area contributed by atoms with Gasteiger partial charge in [0, 0.05) is 57.7 Å². The molecule has 0 saturated carbocycles. The molecule has 3 aromatic carbocycles. The van der Waals surface area contributed by atoms with Gasteiger partial charge in [-0.3, -0.25) is 9.59 Å². The number of aryl methyl sites for hydroxylation is 2. The number of primary amides is 1. The summed E-state index contributed by atoms with van der Waals surface area (Å²) in [4.78, 5) is 28.3. The number of fused-ring (bicyclic) bond motifs is 3. The summed E-state index contributed by atoms with van der Waals surface area (Å²) in [7, 11) is 0. The topological polar surface area (TPSA) is 104 Å². The van der Waals surface area contributed by atoms with Crippen LogP contribution in [0.4, 0.5) is 8.78 Å². The number of nitrogens with zero attached hydrogens (tertiary/aromatic N) is 3. The molecule has 216 valence electrons. The van der Waals surface area contributed by atoms with E-state index in [0.29, 0.717) is 57.5 Å². The van der Waals surface area contributed by atoms with Crippen molar-refractivity contribution in [3.05, 3.63) is 88.3 Å². The maximum absolute atomic E-state index is 14.9. The highest BCUT2D eigenvalue weighted by atomic mass is 19.1. The Morgan fingerprint density at radius 3 is 2.38 bits per heavy atom. The number of ether oxygens (including phenoxy) is 1. The molecule has 0 spiro atoms. The molecule has 2 aromatic heterocycles. The summed E-state index contributed by atoms with van der Waals surface area (Å²) in [6.07, 6.45) is -0.198. The van der Waals surface area contributed by atoms with E-state index in [0.717, 1.165) is 11.6 Å². The first-order chi connectivity index (χ1) is 20.0. The molecule has 2 N–H and O–H groups in total. The molecule has 1 aliphatic heterocycles. The predicted octanol–water partition coefficient (Wildman–Crippen LogP) is 5.74. The summed E-state index contributed by atoms with van der Waals surface area (Å²) < 4.78 is 41.6. The second kappa shape index (κ2) is 10.4. The summed E-state index contributed by atoms with van der Waals surface area (Å²) >= 11 is 0. The zero-order chi connectivity index (χ0) is 29.9. The van der Waals surface area contributed by atoms with Crippen LogP contribution in [0.25, 0.3) is 32.9 Å². The molecule has 0 radical (unpaired) electrons. The number of benzene rings is 3. The third-order valence-electron chi connectivity index (χ3n) is 7.85. The predicted molar refractivity (Wildman–Crippen MR) is 154 cm³/mol. The Kier molecular flexibility index (Phi) is 6.81. The molecule has 2 amide bonds. The summed E-state index contributed by atoms with van der Waals surface area (Å²) in [5.74, 6) is -1.61. The Bertz CT molecular complexity index is 1860. The standard InChI is InChI=1S/C32H30F2N4O4/c1-16-13-37(14-17(2)41-16)32(40)20-6-8-27-24(9-20)30-25(31(35)39)10-22(29-18(3)36-42-19(29)4)11-28(30)38(27)15-21-5-7-23(33)12-26(21)34/h5-12,16-17H,13-15H2,1-4H3,(H2,35,39)/t16-,17+. The molecule has 42 heavy (non-hydrogen) atoms. The van der Waals surface area contributed by atoms with Gasteiger partial charge in [0.25, 0.3) is 5.91 Å². The van der Waals surface area contributed by atoms with Gasteiger partial charge in [0.2, 0.25) is 5.91 Å². The number of rotatable bonds is 5. The summed E-state index contributed by atoms with van der Waals surface area (Å²) in [5.41, 5.74) is 10.1. The van der Waals surface area contributed by atoms with Crippen LogP contribution in [0.2, 0.25) is 0 Å². The normalized spacial score (nSPS) is 17.3. The highest BCUT2D eigenvalue weighted by Gasteiger charge is 2.28. The van der Waals surface area contributed by atoms with Crippen LogP contribution in [0, 0.1) is 25.5 Å². The van der Waals surface area contributed by atoms with Gasteiger partial charge in [-0.05, 0) is 69.7 Å². The molecule has 8 nitrogen and oxygen atoms in total. The van der Waals surface area contributed by atoms with Gasteiger partial charge in [-0.15, -0.1) is 0 Å². The minimum Gasteiger partial charge on any atom is -0.372 e. The molecular formula is C32H30F2N4O4. The lowest BCUT2D eigenvalue weighted by Gasteiger charge is -2.35. The van der Waals surface area contributed by atoms with Gasteiger partial charge in [-0.25, -0.2) is 8.78 Å². The average Bonchev–Trinajstić information content (AvgIpc) is 3.43. The minimum atomic E-state index is -0.690. The van der Waals surface area contributed by atoms with Crippen LogP contribution >= 0.6 is 0 Å². The largest absolute Gasteiger partial charge is 0.372 e. The highest BCUT2D eigenvalue weighted by molar-refractivity contribution is 6.20. The smallest absolute Gasteiger partial charge is 0.254 e. The average molecular weight is 573 g/mol. The number of amides is 2. The van der Waals surface area contributed by atoms with Crippen LogP contribution < -0.4 is 5.73 Å². The Morgan fingerprint density at radius 1 is 1.00 bits per heavy atom. The fraction of sp³-hybridized carbons (Fsp3) is 0.281. The van der Waals surface area contributed by atoms with Gasteiger partial charge >= 0.3 is 0 Å². The second-order valence-electron chi connectivity index (χ2n) is 11.0. The van der Waals surface area contributed by atoms with Crippen LogP contribution in [0.3, 0.4) is 0 Å². The fourth-order valence-corrected chi connectivity index (χ4v) is 6.11. The third-order valence-corrected chi connectivity index (χ3v) is 7.85. The van der Waals surface area contributed by atoms with E-state index in [1.54, 1.807) is 43.0 Å². The Morgan fingerprint density at radius 2 is 1.74 bits per heavy atom. The Balaban J connectivity index is 1.61. The van der Waals surface area contributed by atoms with E-state index in [1.165, 1.54) is 12.1 Å². The van der Waals surface area contributed by atoms with Crippen molar-refractivity contribution in [2.75, 3.05) is 13.1 Å². The van der Waals surface area contributed by atoms with Crippen molar-refractivity contribution < 1.29 is 27.6 Å². The van der Waals surface area contributed by atoms with Crippen molar-refractivity contribution in [3.8, 4) is 11.1 Å². The molecular weight excluding hydrogens is 542 g/mol. The number of carbonyl (C=O) groups excluding carboxylic acids is 2. The first kappa shape index (κ1) is 27.6. The number of carbonyl (C=O) groups is 2. The maximum Gasteiger partial charge on any atom is 0.254 e. The molecule has 0 aliphatic carbocycles. The van der Waals surface area contributed by atoms with Crippen LogP contribution in [-0.4, -0.2) is 51.7 Å². The summed E-state index contributed by atoms with van der Waals surface area (Å²) in [6, 6.07) is 12.3. The van der Waals surface area contributed by atoms with E-state index < -0.39 is 17.5 Å². The van der Waals surface area contributed by atoms with E-state index >= 15 is 0 Å². The van der Waals surface area contributed by atoms with Gasteiger partial charge in [0.15, 0.2) is 0 Å². The number of morpholine rings is 1. The maximum atomic E-state index is 14.9. The lowest BCUT2D eigenvalue weighted by molar-refractivity contribution is -0.0586. The Hall–Kier alpha value is -4.57. The molecule has 1 fully saturated rings.